The topological polar surface area (TPSA) is 79.0 Å². The average molecular weight is 331 g/mol. The molecule has 0 radical (unpaired) electrons. The number of ether oxygens (including phenoxy) is 1. The van der Waals surface area contributed by atoms with Gasteiger partial charge in [0.2, 0.25) is 12.3 Å². The van der Waals surface area contributed by atoms with Gasteiger partial charge in [-0.3, -0.25) is 14.5 Å². The number of hydrogen-bond donors (Lipinski definition) is 1. The Morgan fingerprint density at radius 1 is 1.42 bits per heavy atom. The Labute approximate surface area is 140 Å². The summed E-state index contributed by atoms with van der Waals surface area (Å²) in [4.78, 5) is 37.6. The number of cyclic esters (lactones) is 1. The summed E-state index contributed by atoms with van der Waals surface area (Å²) in [5, 5.41) is 2.66. The van der Waals surface area contributed by atoms with Gasteiger partial charge in [-0.05, 0) is 43.0 Å². The molecule has 1 aromatic carbocycles. The van der Waals surface area contributed by atoms with Crippen LogP contribution in [0.3, 0.4) is 0 Å². The Morgan fingerprint density at radius 2 is 2.25 bits per heavy atom. The molecule has 0 aliphatic carbocycles. The molecule has 1 atom stereocenters. The molecule has 1 N–H and O–H groups in total. The van der Waals surface area contributed by atoms with Gasteiger partial charge in [0.05, 0.1) is 13.1 Å². The van der Waals surface area contributed by atoms with Gasteiger partial charge in [-0.15, -0.1) is 0 Å². The second kappa shape index (κ2) is 6.90. The predicted molar refractivity (Wildman–Crippen MR) is 89.1 cm³/mol. The first-order valence-electron chi connectivity index (χ1n) is 8.16. The van der Waals surface area contributed by atoms with Crippen molar-refractivity contribution in [1.82, 2.24) is 5.32 Å². The van der Waals surface area contributed by atoms with Gasteiger partial charge in [0.15, 0.2) is 0 Å². The van der Waals surface area contributed by atoms with Crippen molar-refractivity contribution in [3.63, 3.8) is 0 Å². The summed E-state index contributed by atoms with van der Waals surface area (Å²) < 4.78 is 5.30. The molecule has 0 bridgehead atoms. The van der Waals surface area contributed by atoms with Crippen molar-refractivity contribution in [3.05, 3.63) is 23.8 Å². The molecule has 24 heavy (non-hydrogen) atoms. The molecule has 0 aromatic heterocycles. The van der Waals surface area contributed by atoms with Crippen LogP contribution in [-0.2, 0) is 20.7 Å². The number of nitrogens with one attached hydrogen (secondary N) is 1. The molecule has 128 valence electrons. The highest BCUT2D eigenvalue weighted by atomic mass is 16.6. The van der Waals surface area contributed by atoms with Crippen LogP contribution in [0.1, 0.15) is 25.3 Å². The third-order valence-corrected chi connectivity index (χ3v) is 4.36. The number of carbonyl (C=O) groups is 3. The molecule has 2 aliphatic rings. The lowest BCUT2D eigenvalue weighted by molar-refractivity contribution is -0.119. The van der Waals surface area contributed by atoms with E-state index in [2.05, 4.69) is 5.32 Å². The summed E-state index contributed by atoms with van der Waals surface area (Å²) in [6.07, 6.45) is 2.95. The van der Waals surface area contributed by atoms with Crippen LogP contribution in [0.25, 0.3) is 0 Å². The van der Waals surface area contributed by atoms with Gasteiger partial charge in [0, 0.05) is 24.8 Å². The molecule has 1 fully saturated rings. The summed E-state index contributed by atoms with van der Waals surface area (Å²) in [7, 11) is 0. The molecule has 0 saturated carbocycles. The quantitative estimate of drug-likeness (QED) is 0.847. The summed E-state index contributed by atoms with van der Waals surface area (Å²) in [5.41, 5.74) is 2.74. The van der Waals surface area contributed by atoms with Gasteiger partial charge >= 0.3 is 6.09 Å². The van der Waals surface area contributed by atoms with Crippen LogP contribution < -0.4 is 15.1 Å². The van der Waals surface area contributed by atoms with E-state index in [1.165, 1.54) is 6.92 Å². The Kier molecular flexibility index (Phi) is 4.69. The molecule has 0 unspecified atom stereocenters. The second-order valence-electron chi connectivity index (χ2n) is 6.12. The molecule has 7 nitrogen and oxygen atoms in total. The molecule has 0 spiro atoms. The lowest BCUT2D eigenvalue weighted by Crippen LogP contribution is -2.33. The molecule has 2 heterocycles. The van der Waals surface area contributed by atoms with E-state index in [0.29, 0.717) is 13.1 Å². The predicted octanol–water partition coefficient (Wildman–Crippen LogP) is 1.45. The van der Waals surface area contributed by atoms with Crippen molar-refractivity contribution in [1.29, 1.82) is 0 Å². The Morgan fingerprint density at radius 3 is 3.00 bits per heavy atom. The summed E-state index contributed by atoms with van der Waals surface area (Å²) in [6, 6.07) is 5.68. The molecular formula is C17H21N3O4. The van der Waals surface area contributed by atoms with E-state index >= 15 is 0 Å². The molecule has 2 aliphatic heterocycles. The normalized spacial score (nSPS) is 20.2. The van der Waals surface area contributed by atoms with Crippen molar-refractivity contribution in [2.75, 3.05) is 29.4 Å². The number of aryl methyl sites for hydroxylation is 1. The first-order valence-corrected chi connectivity index (χ1v) is 8.16. The third-order valence-electron chi connectivity index (χ3n) is 4.36. The minimum atomic E-state index is -0.411. The van der Waals surface area contributed by atoms with Crippen molar-refractivity contribution in [3.8, 4) is 0 Å². The minimum Gasteiger partial charge on any atom is -0.442 e. The van der Waals surface area contributed by atoms with Crippen LogP contribution in [0, 0.1) is 0 Å². The monoisotopic (exact) mass is 331 g/mol. The molecule has 3 amide bonds. The van der Waals surface area contributed by atoms with Gasteiger partial charge in [-0.1, -0.05) is 0 Å². The minimum absolute atomic E-state index is 0.150. The number of hydrogen-bond acceptors (Lipinski definition) is 4. The highest BCUT2D eigenvalue weighted by Gasteiger charge is 2.32. The molecule has 7 heteroatoms. The maximum absolute atomic E-state index is 12.1. The molecule has 1 saturated heterocycles. The number of carbonyl (C=O) groups excluding carboxylic acids is 3. The fourth-order valence-corrected chi connectivity index (χ4v) is 3.14. The standard InChI is InChI=1S/C17H21N3O4/c1-12(22)18-9-15-10-20(17(23)24-15)14-5-6-16-13(8-14)4-2-3-7-19(16)11-21/h5-6,8,11,15H,2-4,7,9-10H2,1H3,(H,18,22)/t15-/m0/s1. The highest BCUT2D eigenvalue weighted by Crippen LogP contribution is 2.31. The zero-order valence-corrected chi connectivity index (χ0v) is 13.7. The van der Waals surface area contributed by atoms with Gasteiger partial charge < -0.3 is 15.0 Å². The average Bonchev–Trinajstić information content (AvgIpc) is 2.81. The van der Waals surface area contributed by atoms with E-state index in [4.69, 9.17) is 4.74 Å². The Bertz CT molecular complexity index is 661. The van der Waals surface area contributed by atoms with Crippen LogP contribution >= 0.6 is 0 Å². The van der Waals surface area contributed by atoms with Gasteiger partial charge in [0.25, 0.3) is 0 Å². The Hall–Kier alpha value is -2.57. The summed E-state index contributed by atoms with van der Waals surface area (Å²) in [5.74, 6) is -0.150. The summed E-state index contributed by atoms with van der Waals surface area (Å²) >= 11 is 0. The van der Waals surface area contributed by atoms with Crippen molar-refractivity contribution < 1.29 is 19.1 Å². The third kappa shape index (κ3) is 3.34. The van der Waals surface area contributed by atoms with Crippen LogP contribution in [0.4, 0.5) is 16.2 Å². The fourth-order valence-electron chi connectivity index (χ4n) is 3.14. The van der Waals surface area contributed by atoms with E-state index in [1.807, 2.05) is 18.2 Å². The van der Waals surface area contributed by atoms with Gasteiger partial charge in [-0.2, -0.15) is 0 Å². The first kappa shape index (κ1) is 16.3. The van der Waals surface area contributed by atoms with Crippen LogP contribution in [0.5, 0.6) is 0 Å². The smallest absolute Gasteiger partial charge is 0.414 e. The number of nitrogens with zero attached hydrogens (tertiary/aromatic N) is 2. The molecule has 3 rings (SSSR count). The number of fused-ring (bicyclic) bond motifs is 1. The van der Waals surface area contributed by atoms with E-state index in [-0.39, 0.29) is 12.0 Å². The van der Waals surface area contributed by atoms with E-state index in [1.54, 1.807) is 9.80 Å². The van der Waals surface area contributed by atoms with E-state index in [0.717, 1.165) is 49.2 Å². The first-order chi connectivity index (χ1) is 11.6. The lowest BCUT2D eigenvalue weighted by atomic mass is 10.1. The maximum atomic E-state index is 12.1. The summed E-state index contributed by atoms with van der Waals surface area (Å²) in [6.45, 7) is 2.86. The number of anilines is 2. The van der Waals surface area contributed by atoms with Crippen molar-refractivity contribution in [2.45, 2.75) is 32.3 Å². The fraction of sp³-hybridized carbons (Fsp3) is 0.471. The number of benzene rings is 1. The maximum Gasteiger partial charge on any atom is 0.414 e. The second-order valence-corrected chi connectivity index (χ2v) is 6.12. The van der Waals surface area contributed by atoms with Crippen LogP contribution in [0.15, 0.2) is 18.2 Å². The zero-order chi connectivity index (χ0) is 17.1. The molecular weight excluding hydrogens is 310 g/mol. The van der Waals surface area contributed by atoms with Gasteiger partial charge in [-0.25, -0.2) is 4.79 Å². The van der Waals surface area contributed by atoms with Crippen LogP contribution in [0.2, 0.25) is 0 Å². The van der Waals surface area contributed by atoms with E-state index < -0.39 is 6.09 Å². The van der Waals surface area contributed by atoms with Gasteiger partial charge in [0.1, 0.15) is 6.10 Å². The molecule has 1 aromatic rings. The van der Waals surface area contributed by atoms with E-state index in [9.17, 15) is 14.4 Å². The van der Waals surface area contributed by atoms with Crippen LogP contribution in [-0.4, -0.2) is 44.1 Å². The number of rotatable bonds is 4. The van der Waals surface area contributed by atoms with Crippen molar-refractivity contribution in [2.24, 2.45) is 0 Å². The number of amides is 3. The Balaban J connectivity index is 1.78. The van der Waals surface area contributed by atoms with Crippen molar-refractivity contribution >= 4 is 29.8 Å². The zero-order valence-electron chi connectivity index (χ0n) is 13.7. The largest absolute Gasteiger partial charge is 0.442 e. The lowest BCUT2D eigenvalue weighted by Gasteiger charge is -2.20. The SMILES string of the molecule is CC(=O)NC[C@H]1CN(c2ccc3c(c2)CCCCN3C=O)C(=O)O1. The highest BCUT2D eigenvalue weighted by molar-refractivity contribution is 5.91.